The minimum Gasteiger partial charge on any atom is -0.477 e. The van der Waals surface area contributed by atoms with E-state index in [1.54, 1.807) is 37.3 Å². The fraction of sp³-hybridized carbons (Fsp3) is 0.263. The van der Waals surface area contributed by atoms with Crippen molar-refractivity contribution in [3.8, 4) is 5.88 Å². The second-order valence-electron chi connectivity index (χ2n) is 5.58. The number of aromatic nitrogens is 1. The highest BCUT2D eigenvalue weighted by Gasteiger charge is 2.22. The average Bonchev–Trinajstić information content (AvgIpc) is 2.63. The van der Waals surface area contributed by atoms with E-state index in [4.69, 9.17) is 9.47 Å². The lowest BCUT2D eigenvalue weighted by Crippen LogP contribution is -2.30. The molecule has 0 aliphatic heterocycles. The number of amides is 2. The van der Waals surface area contributed by atoms with Gasteiger partial charge in [-0.2, -0.15) is 0 Å². The average molecular weight is 371 g/mol. The Balaban J connectivity index is 1.97. The van der Waals surface area contributed by atoms with Crippen LogP contribution in [0.1, 0.15) is 31.1 Å². The van der Waals surface area contributed by atoms with Gasteiger partial charge in [0.05, 0.1) is 6.61 Å². The number of pyridine rings is 1. The van der Waals surface area contributed by atoms with Crippen LogP contribution < -0.4 is 15.4 Å². The topological polar surface area (TPSA) is 107 Å². The molecular formula is C19H21N3O5. The molecule has 0 radical (unpaired) electrons. The molecule has 1 unspecified atom stereocenters. The lowest BCUT2D eigenvalue weighted by Gasteiger charge is -2.15. The molecule has 27 heavy (non-hydrogen) atoms. The van der Waals surface area contributed by atoms with Crippen molar-refractivity contribution in [1.29, 1.82) is 0 Å². The third-order valence-corrected chi connectivity index (χ3v) is 3.40. The minimum absolute atomic E-state index is 0.152. The molecule has 142 valence electrons. The first-order valence-corrected chi connectivity index (χ1v) is 8.38. The van der Waals surface area contributed by atoms with Crippen molar-refractivity contribution in [3.63, 3.8) is 0 Å². The Labute approximate surface area is 156 Å². The largest absolute Gasteiger partial charge is 0.477 e. The molecule has 1 aromatic heterocycles. The van der Waals surface area contributed by atoms with E-state index >= 15 is 0 Å². The first-order chi connectivity index (χ1) is 12.9. The first-order valence-electron chi connectivity index (χ1n) is 8.38. The van der Waals surface area contributed by atoms with Crippen LogP contribution in [-0.4, -0.2) is 35.5 Å². The van der Waals surface area contributed by atoms with Crippen molar-refractivity contribution in [2.24, 2.45) is 0 Å². The number of nitrogens with zero attached hydrogens (tertiary/aromatic N) is 1. The lowest BCUT2D eigenvalue weighted by atomic mass is 10.2. The van der Waals surface area contributed by atoms with E-state index in [1.165, 1.54) is 26.1 Å². The Morgan fingerprint density at radius 3 is 2.30 bits per heavy atom. The van der Waals surface area contributed by atoms with Crippen molar-refractivity contribution in [1.82, 2.24) is 4.98 Å². The van der Waals surface area contributed by atoms with Gasteiger partial charge in [0.25, 0.3) is 5.91 Å². The summed E-state index contributed by atoms with van der Waals surface area (Å²) < 4.78 is 10.5. The quantitative estimate of drug-likeness (QED) is 0.725. The summed E-state index contributed by atoms with van der Waals surface area (Å²) in [5.74, 6) is -1.21. The fourth-order valence-electron chi connectivity index (χ4n) is 2.16. The van der Waals surface area contributed by atoms with E-state index in [-0.39, 0.29) is 17.4 Å². The van der Waals surface area contributed by atoms with Crippen molar-refractivity contribution >= 4 is 29.2 Å². The summed E-state index contributed by atoms with van der Waals surface area (Å²) >= 11 is 0. The maximum absolute atomic E-state index is 12.3. The number of nitrogens with one attached hydrogen (secondary N) is 2. The molecule has 1 aromatic carbocycles. The van der Waals surface area contributed by atoms with Crippen LogP contribution in [-0.2, 0) is 14.3 Å². The molecule has 8 nitrogen and oxygen atoms in total. The molecule has 2 rings (SSSR count). The zero-order chi connectivity index (χ0) is 19.8. The normalized spacial score (nSPS) is 11.2. The first kappa shape index (κ1) is 19.9. The smallest absolute Gasteiger partial charge is 0.344 e. The number of rotatable bonds is 7. The number of carbonyl (C=O) groups excluding carboxylic acids is 3. The van der Waals surface area contributed by atoms with E-state index in [0.29, 0.717) is 18.0 Å². The van der Waals surface area contributed by atoms with Crippen molar-refractivity contribution < 1.29 is 23.9 Å². The summed E-state index contributed by atoms with van der Waals surface area (Å²) in [5, 5.41) is 5.27. The molecule has 0 saturated carbocycles. The highest BCUT2D eigenvalue weighted by molar-refractivity contribution is 5.98. The van der Waals surface area contributed by atoms with Crippen molar-refractivity contribution in [3.05, 3.63) is 48.2 Å². The Hall–Kier alpha value is -3.42. The van der Waals surface area contributed by atoms with Gasteiger partial charge >= 0.3 is 5.97 Å². The SMILES string of the molecule is CCOc1ncccc1C(=O)OC(C)C(=O)Nc1ccc(NC(C)=O)cc1. The van der Waals surface area contributed by atoms with E-state index < -0.39 is 18.0 Å². The molecular weight excluding hydrogens is 350 g/mol. The lowest BCUT2D eigenvalue weighted by molar-refractivity contribution is -0.123. The number of esters is 1. The minimum atomic E-state index is -1.03. The molecule has 0 spiro atoms. The highest BCUT2D eigenvalue weighted by atomic mass is 16.5. The van der Waals surface area contributed by atoms with E-state index in [2.05, 4.69) is 15.6 Å². The number of ether oxygens (including phenoxy) is 2. The Morgan fingerprint density at radius 2 is 1.70 bits per heavy atom. The molecule has 0 aliphatic carbocycles. The number of hydrogen-bond acceptors (Lipinski definition) is 6. The van der Waals surface area contributed by atoms with Crippen molar-refractivity contribution in [2.45, 2.75) is 26.9 Å². The number of benzene rings is 1. The molecule has 2 aromatic rings. The van der Waals surface area contributed by atoms with Crippen LogP contribution in [0.25, 0.3) is 0 Å². The second-order valence-corrected chi connectivity index (χ2v) is 5.58. The van der Waals surface area contributed by atoms with E-state index in [1.807, 2.05) is 0 Å². The van der Waals surface area contributed by atoms with Crippen LogP contribution in [0.4, 0.5) is 11.4 Å². The summed E-state index contributed by atoms with van der Waals surface area (Å²) in [5.41, 5.74) is 1.27. The van der Waals surface area contributed by atoms with Gasteiger partial charge in [0.2, 0.25) is 11.8 Å². The molecule has 0 bridgehead atoms. The van der Waals surface area contributed by atoms with Gasteiger partial charge in [-0.15, -0.1) is 0 Å². The van der Waals surface area contributed by atoms with Gasteiger partial charge in [-0.25, -0.2) is 9.78 Å². The summed E-state index contributed by atoms with van der Waals surface area (Å²) in [6, 6.07) is 9.67. The van der Waals surface area contributed by atoms with Crippen molar-refractivity contribution in [2.75, 3.05) is 17.2 Å². The van der Waals surface area contributed by atoms with Crippen LogP contribution in [0.3, 0.4) is 0 Å². The third-order valence-electron chi connectivity index (χ3n) is 3.40. The van der Waals surface area contributed by atoms with Gasteiger partial charge in [0.1, 0.15) is 5.56 Å². The van der Waals surface area contributed by atoms with Gasteiger partial charge in [-0.1, -0.05) is 0 Å². The van der Waals surface area contributed by atoms with Gasteiger partial charge in [-0.05, 0) is 50.2 Å². The van der Waals surface area contributed by atoms with Gasteiger partial charge in [0.15, 0.2) is 6.10 Å². The molecule has 0 saturated heterocycles. The van der Waals surface area contributed by atoms with Crippen LogP contribution in [0.5, 0.6) is 5.88 Å². The molecule has 2 amide bonds. The standard InChI is InChI=1S/C19H21N3O5/c1-4-26-18-16(6-5-11-20-18)19(25)27-12(2)17(24)22-15-9-7-14(8-10-15)21-13(3)23/h5-12H,4H2,1-3H3,(H,21,23)(H,22,24). The number of carbonyl (C=O) groups is 3. The maximum atomic E-state index is 12.3. The molecule has 1 heterocycles. The van der Waals surface area contributed by atoms with Crippen LogP contribution in [0, 0.1) is 0 Å². The van der Waals surface area contributed by atoms with Crippen LogP contribution in [0.2, 0.25) is 0 Å². The Kier molecular flexibility index (Phi) is 6.87. The maximum Gasteiger partial charge on any atom is 0.344 e. The second kappa shape index (κ2) is 9.33. The number of anilines is 2. The van der Waals surface area contributed by atoms with E-state index in [0.717, 1.165) is 0 Å². The predicted octanol–water partition coefficient (Wildman–Crippen LogP) is 2.62. The predicted molar refractivity (Wildman–Crippen MR) is 99.7 cm³/mol. The zero-order valence-electron chi connectivity index (χ0n) is 15.3. The summed E-state index contributed by atoms with van der Waals surface area (Å²) in [6.07, 6.45) is 0.477. The zero-order valence-corrected chi connectivity index (χ0v) is 15.3. The molecule has 0 aliphatic rings. The summed E-state index contributed by atoms with van der Waals surface area (Å²) in [4.78, 5) is 39.5. The van der Waals surface area contributed by atoms with Crippen LogP contribution >= 0.6 is 0 Å². The van der Waals surface area contributed by atoms with E-state index in [9.17, 15) is 14.4 Å². The monoisotopic (exact) mass is 371 g/mol. The number of hydrogen-bond donors (Lipinski definition) is 2. The molecule has 1 atom stereocenters. The third kappa shape index (κ3) is 5.81. The summed E-state index contributed by atoms with van der Waals surface area (Å²) in [6.45, 7) is 5.00. The fourth-order valence-corrected chi connectivity index (χ4v) is 2.16. The van der Waals surface area contributed by atoms with Crippen LogP contribution in [0.15, 0.2) is 42.6 Å². The van der Waals surface area contributed by atoms with Gasteiger partial charge in [-0.3, -0.25) is 9.59 Å². The molecule has 0 fully saturated rings. The van der Waals surface area contributed by atoms with Gasteiger partial charge in [0, 0.05) is 24.5 Å². The summed E-state index contributed by atoms with van der Waals surface area (Å²) in [7, 11) is 0. The van der Waals surface area contributed by atoms with Gasteiger partial charge < -0.3 is 20.1 Å². The molecule has 2 N–H and O–H groups in total. The Bertz CT molecular complexity index is 820. The highest BCUT2D eigenvalue weighted by Crippen LogP contribution is 2.17. The Morgan fingerprint density at radius 1 is 1.07 bits per heavy atom. The molecule has 8 heteroatoms.